The predicted octanol–water partition coefficient (Wildman–Crippen LogP) is 2.61. The van der Waals surface area contributed by atoms with Gasteiger partial charge < -0.3 is 10.4 Å². The molecular weight excluding hydrogens is 292 g/mol. The molecule has 0 radical (unpaired) electrons. The number of nitrogens with one attached hydrogen (secondary N) is 1. The fourth-order valence-electron chi connectivity index (χ4n) is 2.56. The molecule has 1 aliphatic heterocycles. The molecule has 1 heterocycles. The lowest BCUT2D eigenvalue weighted by molar-refractivity contribution is -0.145. The lowest BCUT2D eigenvalue weighted by atomic mass is 10.1. The summed E-state index contributed by atoms with van der Waals surface area (Å²) in [6.07, 6.45) is 3.04. The highest BCUT2D eigenvalue weighted by Gasteiger charge is 2.29. The van der Waals surface area contributed by atoms with Crippen molar-refractivity contribution in [1.82, 2.24) is 4.90 Å². The van der Waals surface area contributed by atoms with Crippen LogP contribution in [0.3, 0.4) is 0 Å². The van der Waals surface area contributed by atoms with Gasteiger partial charge in [0.15, 0.2) is 0 Å². The number of carboxylic acid groups (broad SMARTS) is 1. The molecular formula is C15H19ClN2O3. The van der Waals surface area contributed by atoms with Crippen molar-refractivity contribution in [2.75, 3.05) is 18.4 Å². The Labute approximate surface area is 128 Å². The number of hydrogen-bond acceptors (Lipinski definition) is 3. The van der Waals surface area contributed by atoms with Crippen LogP contribution in [-0.4, -0.2) is 41.0 Å². The minimum absolute atomic E-state index is 0.0537. The van der Waals surface area contributed by atoms with Gasteiger partial charge in [0.1, 0.15) is 6.04 Å². The lowest BCUT2D eigenvalue weighted by Crippen LogP contribution is -2.45. The number of halogens is 1. The molecule has 114 valence electrons. The summed E-state index contributed by atoms with van der Waals surface area (Å²) >= 11 is 5.85. The topological polar surface area (TPSA) is 69.6 Å². The fourth-order valence-corrected chi connectivity index (χ4v) is 2.75. The lowest BCUT2D eigenvalue weighted by Gasteiger charge is -2.31. The third-order valence-electron chi connectivity index (χ3n) is 3.60. The second-order valence-corrected chi connectivity index (χ2v) is 5.65. The zero-order valence-corrected chi connectivity index (χ0v) is 12.5. The molecule has 1 unspecified atom stereocenters. The van der Waals surface area contributed by atoms with Gasteiger partial charge in [0, 0.05) is 10.7 Å². The predicted molar refractivity (Wildman–Crippen MR) is 81.5 cm³/mol. The van der Waals surface area contributed by atoms with Crippen LogP contribution in [0.2, 0.25) is 5.02 Å². The van der Waals surface area contributed by atoms with Crippen molar-refractivity contribution in [3.05, 3.63) is 29.3 Å². The SMILES string of the molecule is O=C(CC(C(=O)O)N1CCCCC1)Nc1cccc(Cl)c1. The summed E-state index contributed by atoms with van der Waals surface area (Å²) in [5.41, 5.74) is 0.579. The van der Waals surface area contributed by atoms with Gasteiger partial charge >= 0.3 is 5.97 Å². The smallest absolute Gasteiger partial charge is 0.321 e. The first-order valence-corrected chi connectivity index (χ1v) is 7.46. The van der Waals surface area contributed by atoms with Gasteiger partial charge in [-0.05, 0) is 44.1 Å². The third kappa shape index (κ3) is 4.72. The van der Waals surface area contributed by atoms with E-state index >= 15 is 0 Å². The molecule has 1 aromatic carbocycles. The highest BCUT2D eigenvalue weighted by atomic mass is 35.5. The van der Waals surface area contributed by atoms with Crippen molar-refractivity contribution in [2.45, 2.75) is 31.7 Å². The van der Waals surface area contributed by atoms with Gasteiger partial charge in [-0.25, -0.2) is 0 Å². The van der Waals surface area contributed by atoms with Crippen LogP contribution in [0.4, 0.5) is 5.69 Å². The second kappa shape index (κ2) is 7.43. The number of benzene rings is 1. The normalized spacial score (nSPS) is 17.2. The molecule has 1 atom stereocenters. The molecule has 0 saturated carbocycles. The Bertz CT molecular complexity index is 515. The van der Waals surface area contributed by atoms with Gasteiger partial charge in [0.05, 0.1) is 6.42 Å². The quantitative estimate of drug-likeness (QED) is 0.877. The van der Waals surface area contributed by atoms with Gasteiger partial charge in [0.25, 0.3) is 0 Å². The maximum Gasteiger partial charge on any atom is 0.321 e. The monoisotopic (exact) mass is 310 g/mol. The van der Waals surface area contributed by atoms with E-state index in [0.29, 0.717) is 10.7 Å². The average molecular weight is 311 g/mol. The Kier molecular flexibility index (Phi) is 5.59. The number of anilines is 1. The van der Waals surface area contributed by atoms with E-state index in [9.17, 15) is 14.7 Å². The number of carboxylic acids is 1. The summed E-state index contributed by atoms with van der Waals surface area (Å²) in [7, 11) is 0. The van der Waals surface area contributed by atoms with Crippen LogP contribution in [0.25, 0.3) is 0 Å². The number of carbonyl (C=O) groups excluding carboxylic acids is 1. The van der Waals surface area contributed by atoms with E-state index in [2.05, 4.69) is 5.32 Å². The zero-order valence-electron chi connectivity index (χ0n) is 11.7. The van der Waals surface area contributed by atoms with Crippen molar-refractivity contribution in [1.29, 1.82) is 0 Å². The van der Waals surface area contributed by atoms with Crippen LogP contribution in [0.5, 0.6) is 0 Å². The first-order chi connectivity index (χ1) is 10.1. The van der Waals surface area contributed by atoms with E-state index in [1.807, 2.05) is 4.90 Å². The summed E-state index contributed by atoms with van der Waals surface area (Å²) < 4.78 is 0. The van der Waals surface area contributed by atoms with E-state index in [0.717, 1.165) is 32.4 Å². The van der Waals surface area contributed by atoms with E-state index in [1.54, 1.807) is 24.3 Å². The molecule has 0 bridgehead atoms. The number of likely N-dealkylation sites (tertiary alicyclic amines) is 1. The molecule has 21 heavy (non-hydrogen) atoms. The Morgan fingerprint density at radius 2 is 2.00 bits per heavy atom. The molecule has 1 amide bonds. The Balaban J connectivity index is 1.96. The third-order valence-corrected chi connectivity index (χ3v) is 3.84. The van der Waals surface area contributed by atoms with Gasteiger partial charge in [-0.3, -0.25) is 14.5 Å². The number of hydrogen-bond donors (Lipinski definition) is 2. The van der Waals surface area contributed by atoms with Crippen molar-refractivity contribution in [3.8, 4) is 0 Å². The molecule has 1 saturated heterocycles. The molecule has 2 rings (SSSR count). The van der Waals surface area contributed by atoms with Crippen molar-refractivity contribution < 1.29 is 14.7 Å². The second-order valence-electron chi connectivity index (χ2n) is 5.21. The standard InChI is InChI=1S/C15H19ClN2O3/c16-11-5-4-6-12(9-11)17-14(19)10-13(15(20)21)18-7-2-1-3-8-18/h4-6,9,13H,1-3,7-8,10H2,(H,17,19)(H,20,21). The van der Waals surface area contributed by atoms with Gasteiger partial charge in [-0.2, -0.15) is 0 Å². The summed E-state index contributed by atoms with van der Waals surface area (Å²) in [6.45, 7) is 1.48. The highest BCUT2D eigenvalue weighted by molar-refractivity contribution is 6.30. The summed E-state index contributed by atoms with van der Waals surface area (Å²) in [6, 6.07) is 6.04. The van der Waals surface area contributed by atoms with Gasteiger partial charge in [-0.1, -0.05) is 24.1 Å². The molecule has 0 spiro atoms. The van der Waals surface area contributed by atoms with Crippen LogP contribution in [0, 0.1) is 0 Å². The minimum atomic E-state index is -0.946. The van der Waals surface area contributed by atoms with Crippen molar-refractivity contribution >= 4 is 29.2 Å². The number of amides is 1. The van der Waals surface area contributed by atoms with E-state index < -0.39 is 12.0 Å². The molecule has 1 aromatic rings. The summed E-state index contributed by atoms with van der Waals surface area (Å²) in [5.74, 6) is -1.26. The molecule has 6 heteroatoms. The van der Waals surface area contributed by atoms with Crippen LogP contribution in [0.15, 0.2) is 24.3 Å². The maximum absolute atomic E-state index is 12.0. The molecule has 0 aromatic heterocycles. The van der Waals surface area contributed by atoms with Crippen molar-refractivity contribution in [3.63, 3.8) is 0 Å². The van der Waals surface area contributed by atoms with Crippen LogP contribution >= 0.6 is 11.6 Å². The largest absolute Gasteiger partial charge is 0.480 e. The fraction of sp³-hybridized carbons (Fsp3) is 0.467. The summed E-state index contributed by atoms with van der Waals surface area (Å²) in [5, 5.41) is 12.6. The highest BCUT2D eigenvalue weighted by Crippen LogP contribution is 2.17. The Morgan fingerprint density at radius 3 is 2.62 bits per heavy atom. The molecule has 1 fully saturated rings. The maximum atomic E-state index is 12.0. The number of piperidine rings is 1. The average Bonchev–Trinajstić information content (AvgIpc) is 2.45. The van der Waals surface area contributed by atoms with E-state index in [1.165, 1.54) is 0 Å². The number of rotatable bonds is 5. The first-order valence-electron chi connectivity index (χ1n) is 7.08. The number of nitrogens with zero attached hydrogens (tertiary/aromatic N) is 1. The molecule has 2 N–H and O–H groups in total. The Morgan fingerprint density at radius 1 is 1.29 bits per heavy atom. The van der Waals surface area contributed by atoms with Crippen molar-refractivity contribution in [2.24, 2.45) is 0 Å². The number of aliphatic carboxylic acids is 1. The zero-order chi connectivity index (χ0) is 15.2. The first kappa shape index (κ1) is 15.8. The van der Waals surface area contributed by atoms with Crippen LogP contribution in [-0.2, 0) is 9.59 Å². The summed E-state index contributed by atoms with van der Waals surface area (Å²) in [4.78, 5) is 25.3. The molecule has 0 aliphatic carbocycles. The number of carbonyl (C=O) groups is 2. The molecule has 5 nitrogen and oxygen atoms in total. The van der Waals surface area contributed by atoms with Crippen LogP contribution < -0.4 is 5.32 Å². The minimum Gasteiger partial charge on any atom is -0.480 e. The van der Waals surface area contributed by atoms with E-state index in [4.69, 9.17) is 11.6 Å². The van der Waals surface area contributed by atoms with E-state index in [-0.39, 0.29) is 12.3 Å². The Hall–Kier alpha value is -1.59. The van der Waals surface area contributed by atoms with Crippen LogP contribution in [0.1, 0.15) is 25.7 Å². The molecule has 1 aliphatic rings. The van der Waals surface area contributed by atoms with Gasteiger partial charge in [0.2, 0.25) is 5.91 Å². The van der Waals surface area contributed by atoms with Gasteiger partial charge in [-0.15, -0.1) is 0 Å².